The molecular weight excluding hydrogens is 242 g/mol. The van der Waals surface area contributed by atoms with E-state index in [1.165, 1.54) is 0 Å². The molecule has 0 amide bonds. The van der Waals surface area contributed by atoms with Crippen LogP contribution in [0.5, 0.6) is 0 Å². The van der Waals surface area contributed by atoms with Gasteiger partial charge in [0.2, 0.25) is 0 Å². The highest BCUT2D eigenvalue weighted by molar-refractivity contribution is 5.89. The Labute approximate surface area is 112 Å². The average molecular weight is 259 g/mol. The van der Waals surface area contributed by atoms with E-state index < -0.39 is 0 Å². The summed E-state index contributed by atoms with van der Waals surface area (Å²) in [7, 11) is 0. The number of nitrogens with one attached hydrogen (secondary N) is 2. The first-order valence-electron chi connectivity index (χ1n) is 6.29. The highest BCUT2D eigenvalue weighted by Gasteiger charge is 2.06. The van der Waals surface area contributed by atoms with Crippen molar-refractivity contribution in [2.24, 2.45) is 0 Å². The Bertz CT molecular complexity index is 506. The molecule has 1 aromatic heterocycles. The molecule has 1 aromatic carbocycles. The molecule has 0 bridgehead atoms. The summed E-state index contributed by atoms with van der Waals surface area (Å²) in [5, 5.41) is 3.21. The lowest BCUT2D eigenvalue weighted by Gasteiger charge is -2.06. The lowest BCUT2D eigenvalue weighted by atomic mass is 10.2. The third-order valence-electron chi connectivity index (χ3n) is 2.57. The van der Waals surface area contributed by atoms with Crippen LogP contribution in [0.4, 0.5) is 5.69 Å². The second-order valence-corrected chi connectivity index (χ2v) is 4.10. The van der Waals surface area contributed by atoms with E-state index in [1.54, 1.807) is 24.5 Å². The van der Waals surface area contributed by atoms with E-state index in [-0.39, 0.29) is 5.97 Å². The molecule has 0 fully saturated rings. The van der Waals surface area contributed by atoms with Crippen LogP contribution in [0.1, 0.15) is 29.5 Å². The Morgan fingerprint density at radius 2 is 2.16 bits per heavy atom. The summed E-state index contributed by atoms with van der Waals surface area (Å²) in [6.45, 7) is 3.04. The van der Waals surface area contributed by atoms with E-state index in [9.17, 15) is 4.79 Å². The zero-order valence-electron chi connectivity index (χ0n) is 10.8. The summed E-state index contributed by atoms with van der Waals surface area (Å²) < 4.78 is 5.06. The van der Waals surface area contributed by atoms with Crippen molar-refractivity contribution in [2.75, 3.05) is 11.9 Å². The summed E-state index contributed by atoms with van der Waals surface area (Å²) in [6.07, 6.45) is 4.32. The summed E-state index contributed by atoms with van der Waals surface area (Å²) in [6, 6.07) is 7.21. The number of aromatic amines is 1. The third kappa shape index (κ3) is 3.84. The van der Waals surface area contributed by atoms with Gasteiger partial charge in [-0.15, -0.1) is 0 Å². The molecule has 0 aliphatic carbocycles. The molecule has 2 N–H and O–H groups in total. The molecule has 0 atom stereocenters. The Morgan fingerprint density at radius 3 is 2.79 bits per heavy atom. The van der Waals surface area contributed by atoms with Crippen LogP contribution in [0.15, 0.2) is 36.7 Å². The molecule has 0 radical (unpaired) electrons. The minimum Gasteiger partial charge on any atom is -0.462 e. The largest absolute Gasteiger partial charge is 0.462 e. The molecule has 100 valence electrons. The molecule has 5 nitrogen and oxygen atoms in total. The van der Waals surface area contributed by atoms with Crippen LogP contribution >= 0.6 is 0 Å². The predicted octanol–water partition coefficient (Wildman–Crippen LogP) is 2.59. The van der Waals surface area contributed by atoms with Gasteiger partial charge in [0.05, 0.1) is 18.7 Å². The highest BCUT2D eigenvalue weighted by atomic mass is 16.5. The molecule has 0 aliphatic rings. The van der Waals surface area contributed by atoms with Gasteiger partial charge in [0.15, 0.2) is 0 Å². The smallest absolute Gasteiger partial charge is 0.338 e. The number of esters is 1. The van der Waals surface area contributed by atoms with E-state index >= 15 is 0 Å². The van der Waals surface area contributed by atoms with Crippen molar-refractivity contribution in [1.29, 1.82) is 0 Å². The van der Waals surface area contributed by atoms with Gasteiger partial charge < -0.3 is 15.0 Å². The van der Waals surface area contributed by atoms with Gasteiger partial charge in [-0.2, -0.15) is 0 Å². The topological polar surface area (TPSA) is 67.0 Å². The molecular formula is C14H17N3O2. The molecule has 0 spiro atoms. The average Bonchev–Trinajstić information content (AvgIpc) is 2.96. The molecule has 0 saturated carbocycles. The zero-order chi connectivity index (χ0) is 13.5. The minimum absolute atomic E-state index is 0.278. The Morgan fingerprint density at radius 1 is 1.37 bits per heavy atom. The lowest BCUT2D eigenvalue weighted by Crippen LogP contribution is -2.06. The monoisotopic (exact) mass is 259 g/mol. The summed E-state index contributed by atoms with van der Waals surface area (Å²) in [5.41, 5.74) is 1.50. The molecule has 5 heteroatoms. The maximum atomic E-state index is 11.6. The van der Waals surface area contributed by atoms with Gasteiger partial charge in [0.25, 0.3) is 0 Å². The van der Waals surface area contributed by atoms with Crippen LogP contribution in [0, 0.1) is 0 Å². The number of ether oxygens (including phenoxy) is 1. The van der Waals surface area contributed by atoms with Crippen LogP contribution in [0.25, 0.3) is 0 Å². The maximum absolute atomic E-state index is 11.6. The van der Waals surface area contributed by atoms with Crippen LogP contribution < -0.4 is 5.32 Å². The molecule has 0 unspecified atom stereocenters. The lowest BCUT2D eigenvalue weighted by molar-refractivity contribution is 0.0505. The number of aromatic nitrogens is 2. The standard InChI is InChI=1S/C14H17N3O2/c1-2-9-19-14(18)11-3-5-12(6-4-11)17-10-13-15-7-8-16-13/h3-8,17H,2,9-10H2,1H3,(H,15,16). The molecule has 0 aliphatic heterocycles. The van der Waals surface area contributed by atoms with Gasteiger partial charge in [-0.05, 0) is 30.7 Å². The van der Waals surface area contributed by atoms with Gasteiger partial charge in [-0.25, -0.2) is 9.78 Å². The Hall–Kier alpha value is -2.30. The Balaban J connectivity index is 1.89. The van der Waals surface area contributed by atoms with Crippen molar-refractivity contribution >= 4 is 11.7 Å². The van der Waals surface area contributed by atoms with Crippen LogP contribution in [0.2, 0.25) is 0 Å². The van der Waals surface area contributed by atoms with Crippen molar-refractivity contribution in [3.8, 4) is 0 Å². The van der Waals surface area contributed by atoms with E-state index in [1.807, 2.05) is 19.1 Å². The first-order valence-corrected chi connectivity index (χ1v) is 6.29. The van der Waals surface area contributed by atoms with Crippen molar-refractivity contribution in [3.63, 3.8) is 0 Å². The van der Waals surface area contributed by atoms with Crippen LogP contribution in [0.3, 0.4) is 0 Å². The molecule has 2 rings (SSSR count). The fourth-order valence-electron chi connectivity index (χ4n) is 1.58. The number of hydrogen-bond acceptors (Lipinski definition) is 4. The molecule has 19 heavy (non-hydrogen) atoms. The van der Waals surface area contributed by atoms with Gasteiger partial charge in [0, 0.05) is 18.1 Å². The number of carbonyl (C=O) groups is 1. The number of hydrogen-bond donors (Lipinski definition) is 2. The van der Waals surface area contributed by atoms with E-state index in [2.05, 4.69) is 15.3 Å². The number of imidazole rings is 1. The third-order valence-corrected chi connectivity index (χ3v) is 2.57. The van der Waals surface area contributed by atoms with Gasteiger partial charge in [0.1, 0.15) is 5.82 Å². The van der Waals surface area contributed by atoms with Gasteiger partial charge in [-0.1, -0.05) is 6.92 Å². The second-order valence-electron chi connectivity index (χ2n) is 4.10. The van der Waals surface area contributed by atoms with Crippen LogP contribution in [-0.4, -0.2) is 22.5 Å². The number of rotatable bonds is 6. The number of H-pyrrole nitrogens is 1. The zero-order valence-corrected chi connectivity index (χ0v) is 10.8. The van der Waals surface area contributed by atoms with E-state index in [0.29, 0.717) is 18.7 Å². The quantitative estimate of drug-likeness (QED) is 0.782. The summed E-state index contributed by atoms with van der Waals surface area (Å²) in [5.74, 6) is 0.589. The van der Waals surface area contributed by atoms with Crippen molar-refractivity contribution in [3.05, 3.63) is 48.0 Å². The van der Waals surface area contributed by atoms with Crippen molar-refractivity contribution in [2.45, 2.75) is 19.9 Å². The van der Waals surface area contributed by atoms with Crippen molar-refractivity contribution in [1.82, 2.24) is 9.97 Å². The number of nitrogens with zero attached hydrogens (tertiary/aromatic N) is 1. The molecule has 2 aromatic rings. The maximum Gasteiger partial charge on any atom is 0.338 e. The van der Waals surface area contributed by atoms with Crippen molar-refractivity contribution < 1.29 is 9.53 Å². The van der Waals surface area contributed by atoms with Gasteiger partial charge in [-0.3, -0.25) is 0 Å². The number of carbonyl (C=O) groups excluding carboxylic acids is 1. The number of anilines is 1. The summed E-state index contributed by atoms with van der Waals surface area (Å²) >= 11 is 0. The molecule has 1 heterocycles. The minimum atomic E-state index is -0.278. The fraction of sp³-hybridized carbons (Fsp3) is 0.286. The highest BCUT2D eigenvalue weighted by Crippen LogP contribution is 2.11. The first-order chi connectivity index (χ1) is 9.29. The second kappa shape index (κ2) is 6.58. The normalized spacial score (nSPS) is 10.2. The van der Waals surface area contributed by atoms with Gasteiger partial charge >= 0.3 is 5.97 Å². The Kier molecular flexibility index (Phi) is 4.55. The summed E-state index contributed by atoms with van der Waals surface area (Å²) in [4.78, 5) is 18.7. The van der Waals surface area contributed by atoms with Crippen LogP contribution in [-0.2, 0) is 11.3 Å². The predicted molar refractivity (Wildman–Crippen MR) is 72.9 cm³/mol. The number of benzene rings is 1. The molecule has 0 saturated heterocycles. The van der Waals surface area contributed by atoms with E-state index in [0.717, 1.165) is 17.9 Å². The fourth-order valence-corrected chi connectivity index (χ4v) is 1.58. The SMILES string of the molecule is CCCOC(=O)c1ccc(NCc2ncc[nH]2)cc1. The van der Waals surface area contributed by atoms with E-state index in [4.69, 9.17) is 4.74 Å². The first kappa shape index (κ1) is 13.1.